The van der Waals surface area contributed by atoms with Crippen molar-refractivity contribution in [3.05, 3.63) is 59.9 Å². The molecule has 3 N–H and O–H groups in total. The lowest BCUT2D eigenvalue weighted by Gasteiger charge is -2.14. The van der Waals surface area contributed by atoms with Crippen molar-refractivity contribution in [3.63, 3.8) is 0 Å². The second-order valence-corrected chi connectivity index (χ2v) is 4.86. The fourth-order valence-corrected chi connectivity index (χ4v) is 1.76. The average Bonchev–Trinajstić information content (AvgIpc) is 2.56. The number of halogens is 3. The third kappa shape index (κ3) is 5.17. The van der Waals surface area contributed by atoms with Crippen LogP contribution >= 0.6 is 0 Å². The third-order valence-corrected chi connectivity index (χ3v) is 2.95. The van der Waals surface area contributed by atoms with Gasteiger partial charge >= 0.3 is 6.03 Å². The van der Waals surface area contributed by atoms with E-state index in [1.807, 2.05) is 0 Å². The van der Waals surface area contributed by atoms with Gasteiger partial charge < -0.3 is 20.5 Å². The first-order chi connectivity index (χ1) is 11.5. The van der Waals surface area contributed by atoms with Crippen LogP contribution in [0.25, 0.3) is 0 Å². The Hall–Kier alpha value is -2.74. The smallest absolute Gasteiger partial charge is 0.319 e. The van der Waals surface area contributed by atoms with Crippen LogP contribution in [0.3, 0.4) is 0 Å². The van der Waals surface area contributed by atoms with Crippen LogP contribution in [0.5, 0.6) is 5.75 Å². The largest absolute Gasteiger partial charge is 0.491 e. The van der Waals surface area contributed by atoms with E-state index in [2.05, 4.69) is 10.6 Å². The highest BCUT2D eigenvalue weighted by Gasteiger charge is 2.10. The van der Waals surface area contributed by atoms with Crippen LogP contribution in [-0.4, -0.2) is 30.4 Å². The highest BCUT2D eigenvalue weighted by atomic mass is 19.2. The van der Waals surface area contributed by atoms with Gasteiger partial charge in [0.15, 0.2) is 11.6 Å². The molecule has 24 heavy (non-hydrogen) atoms. The van der Waals surface area contributed by atoms with Gasteiger partial charge in [0.1, 0.15) is 24.3 Å². The maximum atomic E-state index is 13.3. The first-order valence-corrected chi connectivity index (χ1v) is 7.01. The molecule has 2 amide bonds. The SMILES string of the molecule is O=C(NCC(O)COc1ccc(F)c(F)c1)Nc1ccccc1F. The molecule has 1 atom stereocenters. The van der Waals surface area contributed by atoms with Crippen molar-refractivity contribution in [2.24, 2.45) is 0 Å². The molecular weight excluding hydrogens is 325 g/mol. The van der Waals surface area contributed by atoms with Crippen LogP contribution < -0.4 is 15.4 Å². The summed E-state index contributed by atoms with van der Waals surface area (Å²) in [5.74, 6) is -2.61. The van der Waals surface area contributed by atoms with E-state index in [1.54, 1.807) is 6.07 Å². The van der Waals surface area contributed by atoms with E-state index >= 15 is 0 Å². The van der Waals surface area contributed by atoms with E-state index < -0.39 is 29.6 Å². The average molecular weight is 340 g/mol. The number of anilines is 1. The minimum Gasteiger partial charge on any atom is -0.491 e. The second kappa shape index (κ2) is 8.21. The lowest BCUT2D eigenvalue weighted by molar-refractivity contribution is 0.108. The summed E-state index contributed by atoms with van der Waals surface area (Å²) in [7, 11) is 0. The maximum absolute atomic E-state index is 13.3. The van der Waals surface area contributed by atoms with Gasteiger partial charge in [-0.1, -0.05) is 12.1 Å². The Balaban J connectivity index is 1.74. The van der Waals surface area contributed by atoms with E-state index in [9.17, 15) is 23.1 Å². The van der Waals surface area contributed by atoms with Crippen molar-refractivity contribution in [3.8, 4) is 5.75 Å². The van der Waals surface area contributed by atoms with Crippen LogP contribution in [0.4, 0.5) is 23.7 Å². The number of rotatable bonds is 6. The Morgan fingerprint density at radius 2 is 1.83 bits per heavy atom. The number of benzene rings is 2. The summed E-state index contributed by atoms with van der Waals surface area (Å²) in [4.78, 5) is 11.6. The molecule has 2 aromatic rings. The van der Waals surface area contributed by atoms with Crippen LogP contribution in [0.15, 0.2) is 42.5 Å². The van der Waals surface area contributed by atoms with Gasteiger partial charge in [0, 0.05) is 12.6 Å². The number of para-hydroxylation sites is 1. The predicted octanol–water partition coefficient (Wildman–Crippen LogP) is 2.67. The number of hydrogen-bond acceptors (Lipinski definition) is 3. The Labute approximate surface area is 136 Å². The molecule has 0 fully saturated rings. The lowest BCUT2D eigenvalue weighted by atomic mass is 10.3. The zero-order valence-corrected chi connectivity index (χ0v) is 12.4. The fourth-order valence-electron chi connectivity index (χ4n) is 1.76. The van der Waals surface area contributed by atoms with Gasteiger partial charge in [0.05, 0.1) is 5.69 Å². The van der Waals surface area contributed by atoms with Gasteiger partial charge in [-0.05, 0) is 24.3 Å². The first kappa shape index (κ1) is 17.6. The van der Waals surface area contributed by atoms with Crippen molar-refractivity contribution >= 4 is 11.7 Å². The van der Waals surface area contributed by atoms with Crippen LogP contribution in [0, 0.1) is 17.5 Å². The fraction of sp³-hybridized carbons (Fsp3) is 0.188. The molecule has 2 aromatic carbocycles. The van der Waals surface area contributed by atoms with E-state index in [-0.39, 0.29) is 24.6 Å². The Bertz CT molecular complexity index is 713. The molecule has 8 heteroatoms. The number of aliphatic hydroxyl groups excluding tert-OH is 1. The molecule has 128 valence electrons. The Morgan fingerprint density at radius 3 is 2.54 bits per heavy atom. The highest BCUT2D eigenvalue weighted by molar-refractivity contribution is 5.89. The maximum Gasteiger partial charge on any atom is 0.319 e. The van der Waals surface area contributed by atoms with E-state index in [0.29, 0.717) is 0 Å². The van der Waals surface area contributed by atoms with E-state index in [0.717, 1.165) is 12.1 Å². The van der Waals surface area contributed by atoms with Crippen molar-refractivity contribution in [1.82, 2.24) is 5.32 Å². The van der Waals surface area contributed by atoms with Crippen molar-refractivity contribution in [2.45, 2.75) is 6.10 Å². The van der Waals surface area contributed by atoms with E-state index in [4.69, 9.17) is 4.74 Å². The van der Waals surface area contributed by atoms with Crippen LogP contribution in [-0.2, 0) is 0 Å². The molecule has 0 aliphatic rings. The standard InChI is InChI=1S/C16H15F3N2O3/c17-12-6-5-11(7-14(12)19)24-9-10(22)8-20-16(23)21-15-4-2-1-3-13(15)18/h1-7,10,22H,8-9H2,(H2,20,21,23). The summed E-state index contributed by atoms with van der Waals surface area (Å²) in [6.07, 6.45) is -1.09. The number of carbonyl (C=O) groups excluding carboxylic acids is 1. The van der Waals surface area contributed by atoms with Gasteiger partial charge in [-0.2, -0.15) is 0 Å². The van der Waals surface area contributed by atoms with Crippen LogP contribution in [0.1, 0.15) is 0 Å². The second-order valence-electron chi connectivity index (χ2n) is 4.86. The summed E-state index contributed by atoms with van der Waals surface area (Å²) in [6.45, 7) is -0.422. The molecule has 0 aliphatic carbocycles. The van der Waals surface area contributed by atoms with Gasteiger partial charge in [0.2, 0.25) is 0 Å². The molecular formula is C16H15F3N2O3. The monoisotopic (exact) mass is 340 g/mol. The summed E-state index contributed by atoms with van der Waals surface area (Å²) < 4.78 is 44.2. The summed E-state index contributed by atoms with van der Waals surface area (Å²) in [5, 5.41) is 14.3. The predicted molar refractivity (Wildman–Crippen MR) is 81.3 cm³/mol. The Kier molecular flexibility index (Phi) is 6.02. The number of hydrogen-bond donors (Lipinski definition) is 3. The molecule has 2 rings (SSSR count). The number of nitrogens with one attached hydrogen (secondary N) is 2. The molecule has 0 aliphatic heterocycles. The summed E-state index contributed by atoms with van der Waals surface area (Å²) in [5.41, 5.74) is 0.00234. The minimum absolute atomic E-state index is 0.00234. The third-order valence-electron chi connectivity index (χ3n) is 2.95. The van der Waals surface area contributed by atoms with Gasteiger partial charge in [-0.25, -0.2) is 18.0 Å². The molecule has 5 nitrogen and oxygen atoms in total. The normalized spacial score (nSPS) is 11.7. The Morgan fingerprint density at radius 1 is 1.08 bits per heavy atom. The quantitative estimate of drug-likeness (QED) is 0.757. The summed E-state index contributed by atoms with van der Waals surface area (Å²) in [6, 6.07) is 7.88. The molecule has 0 heterocycles. The van der Waals surface area contributed by atoms with Crippen molar-refractivity contribution in [2.75, 3.05) is 18.5 Å². The number of urea groups is 1. The number of carbonyl (C=O) groups is 1. The topological polar surface area (TPSA) is 70.6 Å². The molecule has 1 unspecified atom stereocenters. The molecule has 0 radical (unpaired) electrons. The highest BCUT2D eigenvalue weighted by Crippen LogP contribution is 2.15. The molecule has 0 saturated heterocycles. The molecule has 0 saturated carbocycles. The number of aliphatic hydroxyl groups is 1. The lowest BCUT2D eigenvalue weighted by Crippen LogP contribution is -2.37. The molecule has 0 spiro atoms. The van der Waals surface area contributed by atoms with Crippen molar-refractivity contribution < 1.29 is 27.8 Å². The van der Waals surface area contributed by atoms with Crippen LogP contribution in [0.2, 0.25) is 0 Å². The summed E-state index contributed by atoms with van der Waals surface area (Å²) >= 11 is 0. The zero-order valence-electron chi connectivity index (χ0n) is 12.4. The molecule has 0 bridgehead atoms. The molecule has 0 aromatic heterocycles. The van der Waals surface area contributed by atoms with Crippen molar-refractivity contribution in [1.29, 1.82) is 0 Å². The first-order valence-electron chi connectivity index (χ1n) is 7.01. The van der Waals surface area contributed by atoms with Gasteiger partial charge in [0.25, 0.3) is 0 Å². The van der Waals surface area contributed by atoms with Gasteiger partial charge in [-0.15, -0.1) is 0 Å². The minimum atomic E-state index is -1.09. The zero-order chi connectivity index (χ0) is 17.5. The number of amides is 2. The number of ether oxygens (including phenoxy) is 1. The van der Waals surface area contributed by atoms with Gasteiger partial charge in [-0.3, -0.25) is 0 Å². The van der Waals surface area contributed by atoms with E-state index in [1.165, 1.54) is 24.3 Å².